The first-order valence-corrected chi connectivity index (χ1v) is 10.9. The Morgan fingerprint density at radius 2 is 1.83 bits per heavy atom. The fraction of sp³-hybridized carbons (Fsp3) is 0.467. The average Bonchev–Trinajstić information content (AvgIpc) is 3.07. The lowest BCUT2D eigenvalue weighted by molar-refractivity contribution is 0.588. The number of hydrogen-bond acceptors (Lipinski definition) is 4. The molecule has 0 unspecified atom stereocenters. The number of sulfonamides is 1. The lowest BCUT2D eigenvalue weighted by Crippen LogP contribution is -2.17. The molecule has 3 rings (SSSR count). The van der Waals surface area contributed by atoms with E-state index >= 15 is 0 Å². The Morgan fingerprint density at radius 3 is 2.48 bits per heavy atom. The molecule has 1 aromatic heterocycles. The molecule has 1 N–H and O–H groups in total. The highest BCUT2D eigenvalue weighted by Crippen LogP contribution is 2.35. The van der Waals surface area contributed by atoms with E-state index in [1.807, 2.05) is 0 Å². The summed E-state index contributed by atoms with van der Waals surface area (Å²) in [6.45, 7) is 3.20. The third-order valence-electron chi connectivity index (χ3n) is 4.27. The molecule has 1 aliphatic rings. The van der Waals surface area contributed by atoms with E-state index in [1.54, 1.807) is 32.0 Å². The lowest BCUT2D eigenvalue weighted by Gasteiger charge is -2.10. The van der Waals surface area contributed by atoms with Gasteiger partial charge in [0.1, 0.15) is 0 Å². The molecule has 23 heavy (non-hydrogen) atoms. The van der Waals surface area contributed by atoms with Crippen molar-refractivity contribution < 1.29 is 16.8 Å². The number of anilines is 1. The number of aryl methyl sites for hydroxylation is 1. The summed E-state index contributed by atoms with van der Waals surface area (Å²) in [6, 6.07) is 5.05. The lowest BCUT2D eigenvalue weighted by atomic mass is 10.1. The van der Waals surface area contributed by atoms with Gasteiger partial charge in [-0.1, -0.05) is 0 Å². The molecule has 0 radical (unpaired) electrons. The van der Waals surface area contributed by atoms with E-state index in [2.05, 4.69) is 4.72 Å². The maximum atomic E-state index is 12.4. The molecule has 0 saturated heterocycles. The van der Waals surface area contributed by atoms with Crippen molar-refractivity contribution in [1.82, 2.24) is 3.97 Å². The van der Waals surface area contributed by atoms with E-state index < -0.39 is 20.0 Å². The first-order valence-electron chi connectivity index (χ1n) is 7.69. The van der Waals surface area contributed by atoms with E-state index in [9.17, 15) is 16.8 Å². The molecule has 1 aliphatic carbocycles. The minimum Gasteiger partial charge on any atom is -0.284 e. The van der Waals surface area contributed by atoms with Crippen LogP contribution in [0, 0.1) is 0 Å². The van der Waals surface area contributed by atoms with E-state index in [1.165, 1.54) is 3.97 Å². The number of nitrogens with zero attached hydrogens (tertiary/aromatic N) is 1. The van der Waals surface area contributed by atoms with Crippen molar-refractivity contribution in [2.45, 2.75) is 33.1 Å². The second-order valence-electron chi connectivity index (χ2n) is 5.68. The molecule has 0 fully saturated rings. The van der Waals surface area contributed by atoms with Gasteiger partial charge in [-0.2, -0.15) is 0 Å². The minimum absolute atomic E-state index is 0.00559. The van der Waals surface area contributed by atoms with E-state index in [4.69, 9.17) is 0 Å². The zero-order chi connectivity index (χ0) is 16.8. The van der Waals surface area contributed by atoms with Crippen LogP contribution < -0.4 is 4.72 Å². The average molecular weight is 356 g/mol. The van der Waals surface area contributed by atoms with Crippen molar-refractivity contribution in [2.75, 3.05) is 16.2 Å². The highest BCUT2D eigenvalue weighted by atomic mass is 32.2. The Bertz CT molecular complexity index is 973. The summed E-state index contributed by atoms with van der Waals surface area (Å²) < 4.78 is 52.3. The second-order valence-corrected chi connectivity index (χ2v) is 9.80. The van der Waals surface area contributed by atoms with E-state index in [0.29, 0.717) is 11.2 Å². The molecule has 8 heteroatoms. The fourth-order valence-corrected chi connectivity index (χ4v) is 4.99. The van der Waals surface area contributed by atoms with Crippen LogP contribution in [0.5, 0.6) is 0 Å². The standard InChI is InChI=1S/C15H20N2O4S2/c1-3-22(18,19)16-11-8-9-15-13(10-11)12-6-5-7-14(12)17(15)23(20,21)4-2/h8-10,16H,3-7H2,1-2H3. The van der Waals surface area contributed by atoms with Gasteiger partial charge < -0.3 is 0 Å². The SMILES string of the molecule is CCS(=O)(=O)Nc1ccc2c(c1)c1c(n2S(=O)(=O)CC)CCC1. The molecule has 0 bridgehead atoms. The summed E-state index contributed by atoms with van der Waals surface area (Å²) >= 11 is 0. The maximum Gasteiger partial charge on any atom is 0.238 e. The van der Waals surface area contributed by atoms with Crippen molar-refractivity contribution in [3.8, 4) is 0 Å². The number of nitrogens with one attached hydrogen (secondary N) is 1. The minimum atomic E-state index is -3.38. The van der Waals surface area contributed by atoms with Gasteiger partial charge in [0.05, 0.1) is 17.0 Å². The Hall–Kier alpha value is -1.54. The van der Waals surface area contributed by atoms with Gasteiger partial charge in [0.2, 0.25) is 20.0 Å². The van der Waals surface area contributed by atoms with Gasteiger partial charge in [-0.05, 0) is 56.9 Å². The first-order chi connectivity index (χ1) is 10.8. The number of aromatic nitrogens is 1. The summed E-state index contributed by atoms with van der Waals surface area (Å²) in [4.78, 5) is 0. The van der Waals surface area contributed by atoms with Crippen molar-refractivity contribution >= 4 is 36.6 Å². The van der Waals surface area contributed by atoms with Crippen molar-refractivity contribution in [3.63, 3.8) is 0 Å². The largest absolute Gasteiger partial charge is 0.284 e. The fourth-order valence-electron chi connectivity index (χ4n) is 3.10. The summed E-state index contributed by atoms with van der Waals surface area (Å²) in [5.74, 6) is 0.0296. The molecule has 126 valence electrons. The number of hydrogen-bond donors (Lipinski definition) is 1. The van der Waals surface area contributed by atoms with Crippen LogP contribution in [0.25, 0.3) is 10.9 Å². The van der Waals surface area contributed by atoms with Crippen LogP contribution in [0.1, 0.15) is 31.5 Å². The van der Waals surface area contributed by atoms with Crippen LogP contribution in [0.4, 0.5) is 5.69 Å². The van der Waals surface area contributed by atoms with Crippen molar-refractivity contribution in [3.05, 3.63) is 29.5 Å². The quantitative estimate of drug-likeness (QED) is 0.889. The Morgan fingerprint density at radius 1 is 1.09 bits per heavy atom. The predicted molar refractivity (Wildman–Crippen MR) is 91.9 cm³/mol. The molecule has 0 amide bonds. The van der Waals surface area contributed by atoms with Crippen molar-refractivity contribution in [1.29, 1.82) is 0 Å². The van der Waals surface area contributed by atoms with Gasteiger partial charge in [-0.3, -0.25) is 4.72 Å². The van der Waals surface area contributed by atoms with Crippen LogP contribution in [0.15, 0.2) is 18.2 Å². The molecule has 0 saturated carbocycles. The summed E-state index contributed by atoms with van der Waals surface area (Å²) in [5.41, 5.74) is 2.98. The Balaban J connectivity index is 2.22. The Kier molecular flexibility index (Phi) is 3.92. The third-order valence-corrected chi connectivity index (χ3v) is 7.28. The zero-order valence-electron chi connectivity index (χ0n) is 13.2. The van der Waals surface area contributed by atoms with Crippen LogP contribution >= 0.6 is 0 Å². The smallest absolute Gasteiger partial charge is 0.238 e. The van der Waals surface area contributed by atoms with Crippen LogP contribution in [0.2, 0.25) is 0 Å². The van der Waals surface area contributed by atoms with Crippen LogP contribution in [-0.2, 0) is 32.9 Å². The molecular weight excluding hydrogens is 336 g/mol. The molecule has 0 aliphatic heterocycles. The third kappa shape index (κ3) is 2.74. The number of rotatable bonds is 5. The molecule has 0 spiro atoms. The first kappa shape index (κ1) is 16.3. The molecule has 2 aromatic rings. The van der Waals surface area contributed by atoms with E-state index in [0.717, 1.165) is 35.9 Å². The monoisotopic (exact) mass is 356 g/mol. The topological polar surface area (TPSA) is 85.2 Å². The van der Waals surface area contributed by atoms with E-state index in [-0.39, 0.29) is 11.5 Å². The second kappa shape index (κ2) is 5.52. The van der Waals surface area contributed by atoms with Crippen molar-refractivity contribution in [2.24, 2.45) is 0 Å². The van der Waals surface area contributed by atoms with Crippen LogP contribution in [0.3, 0.4) is 0 Å². The summed E-state index contributed by atoms with van der Waals surface area (Å²) in [6.07, 6.45) is 2.48. The Labute approximate surface area is 136 Å². The highest BCUT2D eigenvalue weighted by Gasteiger charge is 2.27. The molecule has 1 aromatic carbocycles. The van der Waals surface area contributed by atoms with Gasteiger partial charge in [0.25, 0.3) is 0 Å². The molecule has 0 atom stereocenters. The van der Waals surface area contributed by atoms with Gasteiger partial charge in [-0.25, -0.2) is 20.8 Å². The van der Waals surface area contributed by atoms with Gasteiger partial charge in [-0.15, -0.1) is 0 Å². The predicted octanol–water partition coefficient (Wildman–Crippen LogP) is 2.09. The number of fused-ring (bicyclic) bond motifs is 3. The van der Waals surface area contributed by atoms with Gasteiger partial charge in [0, 0.05) is 16.8 Å². The van der Waals surface area contributed by atoms with Crippen LogP contribution in [-0.4, -0.2) is 32.3 Å². The van der Waals surface area contributed by atoms with Gasteiger partial charge in [0.15, 0.2) is 0 Å². The highest BCUT2D eigenvalue weighted by molar-refractivity contribution is 7.92. The zero-order valence-corrected chi connectivity index (χ0v) is 14.8. The molecule has 1 heterocycles. The normalized spacial score (nSPS) is 15.0. The van der Waals surface area contributed by atoms with Gasteiger partial charge >= 0.3 is 0 Å². The molecule has 6 nitrogen and oxygen atoms in total. The number of benzene rings is 1. The molecular formula is C15H20N2O4S2. The summed E-state index contributed by atoms with van der Waals surface area (Å²) in [5, 5.41) is 0.825. The summed E-state index contributed by atoms with van der Waals surface area (Å²) in [7, 11) is -6.74. The maximum absolute atomic E-state index is 12.4.